The molecule has 0 aliphatic carbocycles. The van der Waals surface area contributed by atoms with E-state index in [0.29, 0.717) is 37.5 Å². The van der Waals surface area contributed by atoms with Gasteiger partial charge in [0.05, 0.1) is 11.0 Å². The molecular formula is C22H29N3O3S. The molecule has 7 heteroatoms. The van der Waals surface area contributed by atoms with Crippen LogP contribution in [0.3, 0.4) is 0 Å². The van der Waals surface area contributed by atoms with Crippen molar-refractivity contribution in [2.24, 2.45) is 11.8 Å². The number of nitrogens with one attached hydrogen (secondary N) is 1. The maximum atomic E-state index is 13.0. The summed E-state index contributed by atoms with van der Waals surface area (Å²) in [7, 11) is 0. The van der Waals surface area contributed by atoms with Crippen LogP contribution in [0.2, 0.25) is 0 Å². The van der Waals surface area contributed by atoms with Gasteiger partial charge in [0, 0.05) is 30.0 Å². The topological polar surface area (TPSA) is 75.5 Å². The quantitative estimate of drug-likeness (QED) is 0.477. The zero-order valence-corrected chi connectivity index (χ0v) is 17.9. The normalized spacial score (nSPS) is 16.0. The SMILES string of the molecule is CCC(CC)C(NC(=O)C1CCN(c2ccccc2[N+](=O)[O-])CC1)c1cccs1. The number of rotatable bonds is 8. The molecule has 1 aromatic carbocycles. The highest BCUT2D eigenvalue weighted by Gasteiger charge is 2.31. The minimum Gasteiger partial charge on any atom is -0.366 e. The van der Waals surface area contributed by atoms with Crippen molar-refractivity contribution in [1.29, 1.82) is 0 Å². The third kappa shape index (κ3) is 4.96. The molecule has 1 fully saturated rings. The Bertz CT molecular complexity index is 812. The van der Waals surface area contributed by atoms with Crippen LogP contribution in [0, 0.1) is 22.0 Å². The Morgan fingerprint density at radius 3 is 2.48 bits per heavy atom. The van der Waals surface area contributed by atoms with Gasteiger partial charge < -0.3 is 10.2 Å². The Morgan fingerprint density at radius 2 is 1.90 bits per heavy atom. The van der Waals surface area contributed by atoms with Gasteiger partial charge in [-0.2, -0.15) is 0 Å². The van der Waals surface area contributed by atoms with Crippen molar-refractivity contribution in [3.63, 3.8) is 0 Å². The van der Waals surface area contributed by atoms with E-state index in [1.807, 2.05) is 17.0 Å². The lowest BCUT2D eigenvalue weighted by Crippen LogP contribution is -2.43. The van der Waals surface area contributed by atoms with Gasteiger partial charge in [0.1, 0.15) is 5.69 Å². The number of carbonyl (C=O) groups is 1. The molecule has 1 N–H and O–H groups in total. The van der Waals surface area contributed by atoms with Crippen LogP contribution in [0.5, 0.6) is 0 Å². The first kappa shape index (κ1) is 21.3. The summed E-state index contributed by atoms with van der Waals surface area (Å²) >= 11 is 1.69. The number of amides is 1. The number of benzene rings is 1. The second-order valence-electron chi connectivity index (χ2n) is 7.59. The number of hydrogen-bond acceptors (Lipinski definition) is 5. The summed E-state index contributed by atoms with van der Waals surface area (Å²) in [4.78, 5) is 27.2. The van der Waals surface area contributed by atoms with Crippen LogP contribution in [0.4, 0.5) is 11.4 Å². The minimum absolute atomic E-state index is 0.0501. The number of nitrogens with zero attached hydrogens (tertiary/aromatic N) is 2. The number of nitro groups is 1. The van der Waals surface area contributed by atoms with E-state index in [1.165, 1.54) is 10.9 Å². The van der Waals surface area contributed by atoms with E-state index in [0.717, 1.165) is 12.8 Å². The predicted molar refractivity (Wildman–Crippen MR) is 117 cm³/mol. The zero-order chi connectivity index (χ0) is 20.8. The highest BCUT2D eigenvalue weighted by molar-refractivity contribution is 7.10. The number of anilines is 1. The molecule has 0 radical (unpaired) electrons. The summed E-state index contributed by atoms with van der Waals surface area (Å²) in [6, 6.07) is 11.0. The van der Waals surface area contributed by atoms with Crippen molar-refractivity contribution in [2.75, 3.05) is 18.0 Å². The summed E-state index contributed by atoms with van der Waals surface area (Å²) in [5.41, 5.74) is 0.770. The third-order valence-corrected chi connectivity index (χ3v) is 6.91. The lowest BCUT2D eigenvalue weighted by Gasteiger charge is -2.34. The molecule has 3 rings (SSSR count). The van der Waals surface area contributed by atoms with E-state index < -0.39 is 0 Å². The summed E-state index contributed by atoms with van der Waals surface area (Å²) < 4.78 is 0. The number of carbonyl (C=O) groups excluding carboxylic acids is 1. The van der Waals surface area contributed by atoms with Crippen LogP contribution in [0.1, 0.15) is 50.4 Å². The Balaban J connectivity index is 1.64. The van der Waals surface area contributed by atoms with Crippen LogP contribution in [-0.2, 0) is 4.79 Å². The van der Waals surface area contributed by atoms with E-state index in [4.69, 9.17) is 0 Å². The second-order valence-corrected chi connectivity index (χ2v) is 8.56. The van der Waals surface area contributed by atoms with Crippen molar-refractivity contribution in [3.05, 3.63) is 56.8 Å². The maximum absolute atomic E-state index is 13.0. The van der Waals surface area contributed by atoms with E-state index in [1.54, 1.807) is 23.5 Å². The first-order valence-electron chi connectivity index (χ1n) is 10.4. The number of thiophene rings is 1. The molecule has 1 amide bonds. The molecule has 1 atom stereocenters. The number of hydrogen-bond donors (Lipinski definition) is 1. The monoisotopic (exact) mass is 415 g/mol. The fraction of sp³-hybridized carbons (Fsp3) is 0.500. The zero-order valence-electron chi connectivity index (χ0n) is 17.0. The molecule has 0 bridgehead atoms. The van der Waals surface area contributed by atoms with Gasteiger partial charge in [-0.15, -0.1) is 11.3 Å². The van der Waals surface area contributed by atoms with Crippen molar-refractivity contribution < 1.29 is 9.72 Å². The molecule has 29 heavy (non-hydrogen) atoms. The summed E-state index contributed by atoms with van der Waals surface area (Å²) in [6.07, 6.45) is 3.46. The average molecular weight is 416 g/mol. The van der Waals surface area contributed by atoms with Crippen LogP contribution >= 0.6 is 11.3 Å². The van der Waals surface area contributed by atoms with Gasteiger partial charge in [-0.1, -0.05) is 44.9 Å². The molecule has 156 valence electrons. The van der Waals surface area contributed by atoms with Gasteiger partial charge in [0.25, 0.3) is 5.69 Å². The van der Waals surface area contributed by atoms with Crippen molar-refractivity contribution in [2.45, 2.75) is 45.6 Å². The maximum Gasteiger partial charge on any atom is 0.292 e. The highest BCUT2D eigenvalue weighted by atomic mass is 32.1. The molecule has 1 aliphatic rings. The van der Waals surface area contributed by atoms with Crippen molar-refractivity contribution in [3.8, 4) is 0 Å². The van der Waals surface area contributed by atoms with Gasteiger partial charge in [-0.3, -0.25) is 14.9 Å². The van der Waals surface area contributed by atoms with E-state index in [2.05, 4.69) is 30.6 Å². The fourth-order valence-corrected chi connectivity index (χ4v) is 5.06. The third-order valence-electron chi connectivity index (χ3n) is 5.95. The molecular weight excluding hydrogens is 386 g/mol. The standard InChI is InChI=1S/C22H29N3O3S/c1-3-16(4-2)21(20-10-7-15-29-20)23-22(26)17-11-13-24(14-12-17)18-8-5-6-9-19(18)25(27)28/h5-10,15-17,21H,3-4,11-14H2,1-2H3,(H,23,26). The summed E-state index contributed by atoms with van der Waals surface area (Å²) in [5.74, 6) is 0.480. The molecule has 0 saturated carbocycles. The fourth-order valence-electron chi connectivity index (χ4n) is 4.19. The highest BCUT2D eigenvalue weighted by Crippen LogP contribution is 2.33. The van der Waals surface area contributed by atoms with Crippen molar-refractivity contribution >= 4 is 28.6 Å². The molecule has 1 aliphatic heterocycles. The lowest BCUT2D eigenvalue weighted by atomic mass is 9.90. The van der Waals surface area contributed by atoms with Gasteiger partial charge in [0.2, 0.25) is 5.91 Å². The van der Waals surface area contributed by atoms with Crippen LogP contribution in [-0.4, -0.2) is 23.9 Å². The Kier molecular flexibility index (Phi) is 7.25. The first-order valence-corrected chi connectivity index (χ1v) is 11.2. The lowest BCUT2D eigenvalue weighted by molar-refractivity contribution is -0.384. The van der Waals surface area contributed by atoms with Gasteiger partial charge >= 0.3 is 0 Å². The largest absolute Gasteiger partial charge is 0.366 e. The van der Waals surface area contributed by atoms with E-state index in [9.17, 15) is 14.9 Å². The first-order chi connectivity index (χ1) is 14.0. The molecule has 6 nitrogen and oxygen atoms in total. The molecule has 1 saturated heterocycles. The average Bonchev–Trinajstić information content (AvgIpc) is 3.28. The van der Waals surface area contributed by atoms with Gasteiger partial charge in [-0.05, 0) is 36.3 Å². The minimum atomic E-state index is -0.338. The van der Waals surface area contributed by atoms with Crippen LogP contribution < -0.4 is 10.2 Å². The second kappa shape index (κ2) is 9.87. The summed E-state index contributed by atoms with van der Waals surface area (Å²) in [6.45, 7) is 5.65. The number of para-hydroxylation sites is 2. The number of nitro benzene ring substituents is 1. The predicted octanol–water partition coefficient (Wildman–Crippen LogP) is 5.17. The Labute approximate surface area is 176 Å². The molecule has 1 aromatic heterocycles. The van der Waals surface area contributed by atoms with E-state index >= 15 is 0 Å². The van der Waals surface area contributed by atoms with Crippen LogP contribution in [0.15, 0.2) is 41.8 Å². The molecule has 1 unspecified atom stereocenters. The Morgan fingerprint density at radius 1 is 1.21 bits per heavy atom. The molecule has 0 spiro atoms. The smallest absolute Gasteiger partial charge is 0.292 e. The Hall–Kier alpha value is -2.41. The summed E-state index contributed by atoms with van der Waals surface area (Å²) in [5, 5.41) is 16.7. The van der Waals surface area contributed by atoms with Gasteiger partial charge in [-0.25, -0.2) is 0 Å². The molecule has 2 heterocycles. The molecule has 2 aromatic rings. The number of piperidine rings is 1. The van der Waals surface area contributed by atoms with E-state index in [-0.39, 0.29) is 28.5 Å². The van der Waals surface area contributed by atoms with Gasteiger partial charge in [0.15, 0.2) is 0 Å². The van der Waals surface area contributed by atoms with Crippen LogP contribution in [0.25, 0.3) is 0 Å². The van der Waals surface area contributed by atoms with Crippen molar-refractivity contribution in [1.82, 2.24) is 5.32 Å².